The van der Waals surface area contributed by atoms with E-state index < -0.39 is 0 Å². The van der Waals surface area contributed by atoms with Crippen LogP contribution in [0.4, 0.5) is 0 Å². The first-order valence-corrected chi connectivity index (χ1v) is 7.28. The van der Waals surface area contributed by atoms with Crippen LogP contribution in [0.2, 0.25) is 0 Å². The van der Waals surface area contributed by atoms with E-state index in [0.717, 1.165) is 24.9 Å². The van der Waals surface area contributed by atoms with Gasteiger partial charge in [-0.3, -0.25) is 0 Å². The predicted octanol–water partition coefficient (Wildman–Crippen LogP) is 3.66. The SMILES string of the molecule is CC(C)CNCC1(c2cccs2)CCC1C. The van der Waals surface area contributed by atoms with Gasteiger partial charge in [0.05, 0.1) is 0 Å². The number of nitrogens with one attached hydrogen (secondary N) is 1. The standard InChI is InChI=1S/C14H23NS/c1-11(2)9-15-10-14(7-6-12(14)3)13-5-4-8-16-13/h4-5,8,11-12,15H,6-7,9-10H2,1-3H3. The van der Waals surface area contributed by atoms with Gasteiger partial charge in [-0.15, -0.1) is 11.3 Å². The molecule has 1 fully saturated rings. The van der Waals surface area contributed by atoms with Gasteiger partial charge in [-0.25, -0.2) is 0 Å². The van der Waals surface area contributed by atoms with Crippen LogP contribution >= 0.6 is 11.3 Å². The molecule has 0 aliphatic heterocycles. The van der Waals surface area contributed by atoms with Crippen LogP contribution in [0.5, 0.6) is 0 Å². The number of thiophene rings is 1. The second-order valence-electron chi connectivity index (χ2n) is 5.60. The van der Waals surface area contributed by atoms with Crippen LogP contribution in [0, 0.1) is 11.8 Å². The molecule has 0 saturated heterocycles. The lowest BCUT2D eigenvalue weighted by molar-refractivity contribution is 0.137. The highest BCUT2D eigenvalue weighted by Crippen LogP contribution is 2.49. The van der Waals surface area contributed by atoms with Gasteiger partial charge in [0, 0.05) is 16.8 Å². The second-order valence-corrected chi connectivity index (χ2v) is 6.55. The molecular formula is C14H23NS. The highest BCUT2D eigenvalue weighted by molar-refractivity contribution is 7.10. The number of hydrogen-bond acceptors (Lipinski definition) is 2. The highest BCUT2D eigenvalue weighted by atomic mass is 32.1. The molecule has 1 nitrogen and oxygen atoms in total. The molecular weight excluding hydrogens is 214 g/mol. The molecule has 0 aromatic carbocycles. The van der Waals surface area contributed by atoms with E-state index in [9.17, 15) is 0 Å². The van der Waals surface area contributed by atoms with E-state index >= 15 is 0 Å². The molecule has 1 saturated carbocycles. The molecule has 16 heavy (non-hydrogen) atoms. The Morgan fingerprint density at radius 2 is 2.38 bits per heavy atom. The first kappa shape index (κ1) is 12.1. The minimum absolute atomic E-state index is 0.447. The Bertz CT molecular complexity index is 317. The lowest BCUT2D eigenvalue weighted by Crippen LogP contribution is -2.50. The Morgan fingerprint density at radius 3 is 2.81 bits per heavy atom. The van der Waals surface area contributed by atoms with Gasteiger partial charge in [0.2, 0.25) is 0 Å². The van der Waals surface area contributed by atoms with Gasteiger partial charge >= 0.3 is 0 Å². The molecule has 2 rings (SSSR count). The first-order valence-electron chi connectivity index (χ1n) is 6.40. The third kappa shape index (κ3) is 2.18. The van der Waals surface area contributed by atoms with Crippen LogP contribution in [0.1, 0.15) is 38.5 Å². The fourth-order valence-corrected chi connectivity index (χ4v) is 3.71. The van der Waals surface area contributed by atoms with E-state index in [1.54, 1.807) is 4.88 Å². The Kier molecular flexibility index (Phi) is 3.70. The van der Waals surface area contributed by atoms with Crippen molar-refractivity contribution in [2.45, 2.75) is 39.0 Å². The van der Waals surface area contributed by atoms with Crippen molar-refractivity contribution in [3.05, 3.63) is 22.4 Å². The van der Waals surface area contributed by atoms with E-state index in [-0.39, 0.29) is 0 Å². The molecule has 2 heteroatoms. The van der Waals surface area contributed by atoms with Gasteiger partial charge in [0.25, 0.3) is 0 Å². The summed E-state index contributed by atoms with van der Waals surface area (Å²) in [5.74, 6) is 1.58. The topological polar surface area (TPSA) is 12.0 Å². The molecule has 1 aromatic heterocycles. The summed E-state index contributed by atoms with van der Waals surface area (Å²) in [5, 5.41) is 5.87. The molecule has 2 atom stereocenters. The van der Waals surface area contributed by atoms with E-state index in [4.69, 9.17) is 0 Å². The average molecular weight is 237 g/mol. The molecule has 0 radical (unpaired) electrons. The van der Waals surface area contributed by atoms with Crippen molar-refractivity contribution in [3.63, 3.8) is 0 Å². The maximum atomic E-state index is 3.65. The maximum Gasteiger partial charge on any atom is 0.0197 e. The van der Waals surface area contributed by atoms with E-state index in [2.05, 4.69) is 43.6 Å². The third-order valence-electron chi connectivity index (χ3n) is 3.97. The van der Waals surface area contributed by atoms with Crippen molar-refractivity contribution in [2.24, 2.45) is 11.8 Å². The van der Waals surface area contributed by atoms with Gasteiger partial charge in [-0.05, 0) is 42.7 Å². The van der Waals surface area contributed by atoms with Crippen LogP contribution in [0.15, 0.2) is 17.5 Å². The van der Waals surface area contributed by atoms with Gasteiger partial charge in [0.1, 0.15) is 0 Å². The Morgan fingerprint density at radius 1 is 1.56 bits per heavy atom. The molecule has 2 unspecified atom stereocenters. The fourth-order valence-electron chi connectivity index (χ4n) is 2.64. The quantitative estimate of drug-likeness (QED) is 0.824. The molecule has 0 spiro atoms. The van der Waals surface area contributed by atoms with Crippen LogP contribution in [-0.4, -0.2) is 13.1 Å². The van der Waals surface area contributed by atoms with Crippen LogP contribution in [0.25, 0.3) is 0 Å². The summed E-state index contributed by atoms with van der Waals surface area (Å²) in [4.78, 5) is 1.59. The summed E-state index contributed by atoms with van der Waals surface area (Å²) in [6.07, 6.45) is 2.75. The maximum absolute atomic E-state index is 3.65. The van der Waals surface area contributed by atoms with Gasteiger partial charge < -0.3 is 5.32 Å². The zero-order valence-corrected chi connectivity index (χ0v) is 11.4. The van der Waals surface area contributed by atoms with E-state index in [0.29, 0.717) is 5.41 Å². The molecule has 0 bridgehead atoms. The van der Waals surface area contributed by atoms with Crippen molar-refractivity contribution in [3.8, 4) is 0 Å². The van der Waals surface area contributed by atoms with Gasteiger partial charge in [-0.2, -0.15) is 0 Å². The summed E-state index contributed by atoms with van der Waals surface area (Å²) in [6, 6.07) is 4.51. The minimum Gasteiger partial charge on any atom is -0.316 e. The Labute approximate surface area is 103 Å². The van der Waals surface area contributed by atoms with Gasteiger partial charge in [0.15, 0.2) is 0 Å². The van der Waals surface area contributed by atoms with Crippen molar-refractivity contribution in [1.29, 1.82) is 0 Å². The molecule has 90 valence electrons. The van der Waals surface area contributed by atoms with Crippen molar-refractivity contribution < 1.29 is 0 Å². The van der Waals surface area contributed by atoms with Crippen LogP contribution in [-0.2, 0) is 5.41 Å². The second kappa shape index (κ2) is 4.89. The van der Waals surface area contributed by atoms with Crippen molar-refractivity contribution in [2.75, 3.05) is 13.1 Å². The monoisotopic (exact) mass is 237 g/mol. The summed E-state index contributed by atoms with van der Waals surface area (Å²) in [7, 11) is 0. The highest BCUT2D eigenvalue weighted by Gasteiger charge is 2.45. The average Bonchev–Trinajstić information content (AvgIpc) is 2.75. The van der Waals surface area contributed by atoms with Crippen LogP contribution < -0.4 is 5.32 Å². The lowest BCUT2D eigenvalue weighted by Gasteiger charge is -2.48. The minimum atomic E-state index is 0.447. The summed E-state index contributed by atoms with van der Waals surface area (Å²) in [5.41, 5.74) is 0.447. The predicted molar refractivity (Wildman–Crippen MR) is 72.1 cm³/mol. The zero-order chi connectivity index (χ0) is 11.6. The molecule has 1 heterocycles. The molecule has 1 aliphatic rings. The molecule has 1 N–H and O–H groups in total. The molecule has 1 aromatic rings. The smallest absolute Gasteiger partial charge is 0.0197 e. The molecule has 1 aliphatic carbocycles. The number of hydrogen-bond donors (Lipinski definition) is 1. The summed E-state index contributed by atoms with van der Waals surface area (Å²) in [6.45, 7) is 9.25. The van der Waals surface area contributed by atoms with E-state index in [1.807, 2.05) is 11.3 Å². The Balaban J connectivity index is 2.00. The first-order chi connectivity index (χ1) is 7.65. The van der Waals surface area contributed by atoms with Crippen molar-refractivity contribution in [1.82, 2.24) is 5.32 Å². The summed E-state index contributed by atoms with van der Waals surface area (Å²) >= 11 is 1.93. The summed E-state index contributed by atoms with van der Waals surface area (Å²) < 4.78 is 0. The van der Waals surface area contributed by atoms with Crippen LogP contribution in [0.3, 0.4) is 0 Å². The van der Waals surface area contributed by atoms with E-state index in [1.165, 1.54) is 12.8 Å². The van der Waals surface area contributed by atoms with Gasteiger partial charge in [-0.1, -0.05) is 26.8 Å². The zero-order valence-electron chi connectivity index (χ0n) is 10.6. The Hall–Kier alpha value is -0.340. The largest absolute Gasteiger partial charge is 0.316 e. The third-order valence-corrected chi connectivity index (χ3v) is 5.06. The number of rotatable bonds is 5. The molecule has 0 amide bonds. The lowest BCUT2D eigenvalue weighted by atomic mass is 9.60. The van der Waals surface area contributed by atoms with Crippen molar-refractivity contribution >= 4 is 11.3 Å². The normalized spacial score (nSPS) is 29.4. The fraction of sp³-hybridized carbons (Fsp3) is 0.714.